The Kier molecular flexibility index (Phi) is 9.78. The second-order valence-electron chi connectivity index (χ2n) is 3.36. The molecule has 3 N–H and O–H groups in total. The van der Waals surface area contributed by atoms with E-state index in [1.165, 1.54) is 0 Å². The van der Waals surface area contributed by atoms with Crippen molar-refractivity contribution in [1.29, 1.82) is 0 Å². The molecule has 5 nitrogen and oxygen atoms in total. The minimum atomic E-state index is -2.68. The molecule has 0 aliphatic carbocycles. The van der Waals surface area contributed by atoms with Gasteiger partial charge in [0.05, 0.1) is 0 Å². The van der Waals surface area contributed by atoms with Gasteiger partial charge in [-0.1, -0.05) is 27.7 Å². The summed E-state index contributed by atoms with van der Waals surface area (Å²) < 4.78 is 12.0. The predicted molar refractivity (Wildman–Crippen MR) is 57.5 cm³/mol. The van der Waals surface area contributed by atoms with Gasteiger partial charge < -0.3 is 15.5 Å². The highest BCUT2D eigenvalue weighted by atomic mass is 19.1. The fraction of sp³-hybridized carbons (Fsp3) is 0.800. The average molecular weight is 237 g/mol. The van der Waals surface area contributed by atoms with Crippen molar-refractivity contribution in [2.24, 2.45) is 5.92 Å². The maximum Gasteiger partial charge on any atom is 0.326 e. The Morgan fingerprint density at radius 2 is 1.75 bits per heavy atom. The molecule has 0 rings (SSSR count). The van der Waals surface area contributed by atoms with Crippen LogP contribution in [0.3, 0.4) is 0 Å². The Labute approximate surface area is 94.7 Å². The highest BCUT2D eigenvalue weighted by Crippen LogP contribution is 2.05. The van der Waals surface area contributed by atoms with Crippen LogP contribution in [0.2, 0.25) is 0 Å². The van der Waals surface area contributed by atoms with Gasteiger partial charge in [0.2, 0.25) is 0 Å². The number of rotatable bonds is 5. The van der Waals surface area contributed by atoms with E-state index in [0.29, 0.717) is 0 Å². The third-order valence-electron chi connectivity index (χ3n) is 1.54. The third-order valence-corrected chi connectivity index (χ3v) is 1.54. The van der Waals surface area contributed by atoms with Crippen LogP contribution >= 0.6 is 0 Å². The lowest BCUT2D eigenvalue weighted by Crippen LogP contribution is -2.45. The molecule has 0 saturated heterocycles. The van der Waals surface area contributed by atoms with Crippen LogP contribution in [0.1, 0.15) is 34.1 Å². The number of hydrogen-bond donors (Lipinski definition) is 3. The summed E-state index contributed by atoms with van der Waals surface area (Å²) >= 11 is 0. The molecule has 0 fully saturated rings. The lowest BCUT2D eigenvalue weighted by atomic mass is 10.0. The summed E-state index contributed by atoms with van der Waals surface area (Å²) in [6.45, 7) is 7.54. The molecule has 0 heterocycles. The fourth-order valence-electron chi connectivity index (χ4n) is 0.933. The van der Waals surface area contributed by atoms with Crippen LogP contribution in [0.25, 0.3) is 0 Å². The number of alkyl halides is 1. The zero-order valence-corrected chi connectivity index (χ0v) is 10.0. The van der Waals surface area contributed by atoms with Gasteiger partial charge in [-0.05, 0) is 12.3 Å². The molecule has 0 aliphatic rings. The average Bonchev–Trinajstić information content (AvgIpc) is 2.18. The van der Waals surface area contributed by atoms with Crippen LogP contribution in [0.5, 0.6) is 0 Å². The smallest absolute Gasteiger partial charge is 0.326 e. The van der Waals surface area contributed by atoms with Crippen molar-refractivity contribution in [2.45, 2.75) is 46.5 Å². The van der Waals surface area contributed by atoms with Crippen molar-refractivity contribution >= 4 is 11.9 Å². The quantitative estimate of drug-likeness (QED) is 0.663. The first-order valence-corrected chi connectivity index (χ1v) is 5.20. The topological polar surface area (TPSA) is 86.6 Å². The predicted octanol–water partition coefficient (Wildman–Crippen LogP) is 0.916. The Bertz CT molecular complexity index is 219. The summed E-state index contributed by atoms with van der Waals surface area (Å²) in [6.07, 6.45) is -2.49. The van der Waals surface area contributed by atoms with Gasteiger partial charge in [0.1, 0.15) is 6.04 Å². The van der Waals surface area contributed by atoms with Crippen LogP contribution < -0.4 is 5.32 Å². The largest absolute Gasteiger partial charge is 0.480 e. The van der Waals surface area contributed by atoms with Crippen LogP contribution in [0.15, 0.2) is 0 Å². The van der Waals surface area contributed by atoms with Gasteiger partial charge in [-0.2, -0.15) is 0 Å². The maximum absolute atomic E-state index is 12.0. The summed E-state index contributed by atoms with van der Waals surface area (Å²) in [6, 6.07) is -1.16. The molecule has 0 aromatic rings. The number of carboxylic acid groups (broad SMARTS) is 1. The monoisotopic (exact) mass is 237 g/mol. The molecule has 0 bridgehead atoms. The van der Waals surface area contributed by atoms with Gasteiger partial charge in [0.15, 0.2) is 0 Å². The van der Waals surface area contributed by atoms with E-state index < -0.39 is 24.3 Å². The highest BCUT2D eigenvalue weighted by molar-refractivity contribution is 5.85. The standard InChI is InChI=1S/C8H14FNO4.C2H6/c1-4(2)3-5(8(13)14)10-7(12)6(9)11;1-2/h4-6,11H,3H2,1-2H3,(H,10,12)(H,13,14);1-2H3. The first kappa shape index (κ1) is 17.2. The van der Waals surface area contributed by atoms with Gasteiger partial charge in [0.25, 0.3) is 12.3 Å². The molecule has 6 heteroatoms. The summed E-state index contributed by atoms with van der Waals surface area (Å²) in [5, 5.41) is 18.7. The summed E-state index contributed by atoms with van der Waals surface area (Å²) in [7, 11) is 0. The molecule has 96 valence electrons. The molecule has 0 aromatic heterocycles. The molecule has 16 heavy (non-hydrogen) atoms. The Balaban J connectivity index is 0. The Morgan fingerprint density at radius 1 is 1.31 bits per heavy atom. The fourth-order valence-corrected chi connectivity index (χ4v) is 0.933. The first-order valence-electron chi connectivity index (χ1n) is 5.20. The van der Waals surface area contributed by atoms with Crippen LogP contribution in [-0.2, 0) is 9.59 Å². The lowest BCUT2D eigenvalue weighted by Gasteiger charge is -2.16. The van der Waals surface area contributed by atoms with Gasteiger partial charge >= 0.3 is 5.97 Å². The normalized spacial score (nSPS) is 13.4. The molecule has 1 amide bonds. The van der Waals surface area contributed by atoms with Crippen LogP contribution in [-0.4, -0.2) is 34.5 Å². The third kappa shape index (κ3) is 8.16. The van der Waals surface area contributed by atoms with Crippen molar-refractivity contribution in [3.63, 3.8) is 0 Å². The molecule has 2 unspecified atom stereocenters. The minimum absolute atomic E-state index is 0.0492. The first-order chi connectivity index (χ1) is 7.34. The molecule has 2 atom stereocenters. The molecule has 0 aromatic carbocycles. The van der Waals surface area contributed by atoms with E-state index in [1.807, 2.05) is 19.2 Å². The van der Waals surface area contributed by atoms with E-state index in [2.05, 4.69) is 0 Å². The van der Waals surface area contributed by atoms with E-state index in [-0.39, 0.29) is 12.3 Å². The van der Waals surface area contributed by atoms with E-state index in [4.69, 9.17) is 10.2 Å². The number of carboxylic acids is 1. The molecule has 0 aliphatic heterocycles. The number of amides is 1. The number of carbonyl (C=O) groups excluding carboxylic acids is 1. The SMILES string of the molecule is CC.CC(C)CC(NC(=O)C(O)F)C(=O)O. The zero-order valence-electron chi connectivity index (χ0n) is 10.0. The Morgan fingerprint density at radius 3 is 2.00 bits per heavy atom. The molecular weight excluding hydrogens is 217 g/mol. The number of aliphatic carboxylic acids is 1. The lowest BCUT2D eigenvalue weighted by molar-refractivity contribution is -0.146. The number of aliphatic hydroxyl groups is 1. The van der Waals surface area contributed by atoms with Crippen LogP contribution in [0, 0.1) is 5.92 Å². The molecule has 0 saturated carbocycles. The van der Waals surface area contributed by atoms with Crippen molar-refractivity contribution in [2.75, 3.05) is 0 Å². The van der Waals surface area contributed by atoms with Crippen molar-refractivity contribution in [3.05, 3.63) is 0 Å². The number of carbonyl (C=O) groups is 2. The minimum Gasteiger partial charge on any atom is -0.480 e. The number of aliphatic hydroxyl groups excluding tert-OH is 1. The van der Waals surface area contributed by atoms with Gasteiger partial charge in [-0.15, -0.1) is 0 Å². The van der Waals surface area contributed by atoms with Crippen LogP contribution in [0.4, 0.5) is 4.39 Å². The van der Waals surface area contributed by atoms with Gasteiger partial charge in [0, 0.05) is 0 Å². The molecule has 0 spiro atoms. The summed E-state index contributed by atoms with van der Waals surface area (Å²) in [4.78, 5) is 21.2. The van der Waals surface area contributed by atoms with E-state index in [1.54, 1.807) is 13.8 Å². The zero-order chi connectivity index (χ0) is 13.3. The van der Waals surface area contributed by atoms with E-state index in [9.17, 15) is 14.0 Å². The number of hydrogen-bond acceptors (Lipinski definition) is 3. The number of halogens is 1. The van der Waals surface area contributed by atoms with Crippen molar-refractivity contribution in [3.8, 4) is 0 Å². The number of nitrogens with one attached hydrogen (secondary N) is 1. The second-order valence-corrected chi connectivity index (χ2v) is 3.36. The van der Waals surface area contributed by atoms with Crippen molar-refractivity contribution < 1.29 is 24.2 Å². The molecule has 0 radical (unpaired) electrons. The van der Waals surface area contributed by atoms with Gasteiger partial charge in [-0.25, -0.2) is 9.18 Å². The van der Waals surface area contributed by atoms with Crippen molar-refractivity contribution in [1.82, 2.24) is 5.32 Å². The summed E-state index contributed by atoms with van der Waals surface area (Å²) in [5.74, 6) is -2.51. The highest BCUT2D eigenvalue weighted by Gasteiger charge is 2.24. The maximum atomic E-state index is 12.0. The van der Waals surface area contributed by atoms with E-state index >= 15 is 0 Å². The summed E-state index contributed by atoms with van der Waals surface area (Å²) in [5.41, 5.74) is 0. The van der Waals surface area contributed by atoms with E-state index in [0.717, 1.165) is 0 Å². The molecular formula is C10H20FNO4. The van der Waals surface area contributed by atoms with Gasteiger partial charge in [-0.3, -0.25) is 4.79 Å². The second kappa shape index (κ2) is 9.08. The Hall–Kier alpha value is -1.17.